The molecule has 0 spiro atoms. The Morgan fingerprint density at radius 1 is 0.958 bits per heavy atom. The molecule has 3 nitrogen and oxygen atoms in total. The summed E-state index contributed by atoms with van der Waals surface area (Å²) in [5.74, 6) is 0.00951. The second-order valence-corrected chi connectivity index (χ2v) is 7.54. The first-order chi connectivity index (χ1) is 11.4. The first-order valence-electron chi connectivity index (χ1n) is 7.86. The van der Waals surface area contributed by atoms with Gasteiger partial charge in [-0.15, -0.1) is 11.3 Å². The second kappa shape index (κ2) is 6.57. The fraction of sp³-hybridized carbons (Fsp3) is 0.200. The van der Waals surface area contributed by atoms with Crippen molar-refractivity contribution in [1.29, 1.82) is 0 Å². The van der Waals surface area contributed by atoms with E-state index in [0.717, 1.165) is 27.5 Å². The minimum atomic E-state index is -0.405. The van der Waals surface area contributed by atoms with E-state index in [1.807, 2.05) is 63.2 Å². The molecule has 24 heavy (non-hydrogen) atoms. The summed E-state index contributed by atoms with van der Waals surface area (Å²) in [6.07, 6.45) is 0. The first-order valence-corrected chi connectivity index (χ1v) is 8.74. The molecule has 0 atom stereocenters. The van der Waals surface area contributed by atoms with Crippen LogP contribution in [0.2, 0.25) is 0 Å². The monoisotopic (exact) mass is 336 g/mol. The van der Waals surface area contributed by atoms with E-state index in [1.165, 1.54) is 0 Å². The van der Waals surface area contributed by atoms with Gasteiger partial charge >= 0.3 is 0 Å². The Morgan fingerprint density at radius 3 is 2.25 bits per heavy atom. The Bertz CT molecular complexity index is 830. The van der Waals surface area contributed by atoms with Gasteiger partial charge in [0.05, 0.1) is 5.69 Å². The molecule has 0 bridgehead atoms. The van der Waals surface area contributed by atoms with E-state index in [1.54, 1.807) is 11.3 Å². The molecule has 0 radical (unpaired) electrons. The third-order valence-electron chi connectivity index (χ3n) is 3.64. The molecule has 0 aliphatic carbocycles. The van der Waals surface area contributed by atoms with Crippen molar-refractivity contribution >= 4 is 22.9 Å². The summed E-state index contributed by atoms with van der Waals surface area (Å²) in [5, 5.41) is 6.01. The predicted molar refractivity (Wildman–Crippen MR) is 101 cm³/mol. The number of hydrogen-bond donors (Lipinski definition) is 1. The number of benzene rings is 2. The molecular weight excluding hydrogens is 316 g/mol. The molecule has 2 aromatic carbocycles. The van der Waals surface area contributed by atoms with Crippen molar-refractivity contribution in [3.05, 3.63) is 60.0 Å². The van der Waals surface area contributed by atoms with Gasteiger partial charge in [0.1, 0.15) is 5.01 Å². The van der Waals surface area contributed by atoms with Crippen LogP contribution in [0, 0.1) is 5.41 Å². The van der Waals surface area contributed by atoms with Crippen LogP contribution in [0.4, 0.5) is 5.69 Å². The Kier molecular flexibility index (Phi) is 4.49. The molecular formula is C20H20N2OS. The number of rotatable bonds is 3. The van der Waals surface area contributed by atoms with Crippen LogP contribution in [0.15, 0.2) is 60.0 Å². The van der Waals surface area contributed by atoms with E-state index in [4.69, 9.17) is 4.98 Å². The summed E-state index contributed by atoms with van der Waals surface area (Å²) >= 11 is 1.63. The van der Waals surface area contributed by atoms with Crippen LogP contribution in [0.1, 0.15) is 20.8 Å². The van der Waals surface area contributed by atoms with Crippen LogP contribution in [0.3, 0.4) is 0 Å². The topological polar surface area (TPSA) is 42.0 Å². The zero-order valence-corrected chi connectivity index (χ0v) is 14.9. The zero-order valence-electron chi connectivity index (χ0n) is 14.0. The Labute approximate surface area is 146 Å². The fourth-order valence-corrected chi connectivity index (χ4v) is 3.00. The Balaban J connectivity index is 1.77. The molecule has 0 saturated heterocycles. The van der Waals surface area contributed by atoms with Crippen molar-refractivity contribution in [2.45, 2.75) is 20.8 Å². The highest BCUT2D eigenvalue weighted by Gasteiger charge is 2.21. The molecule has 0 aliphatic heterocycles. The average molecular weight is 336 g/mol. The minimum Gasteiger partial charge on any atom is -0.326 e. The minimum absolute atomic E-state index is 0.00951. The van der Waals surface area contributed by atoms with Crippen LogP contribution in [-0.2, 0) is 4.79 Å². The van der Waals surface area contributed by atoms with E-state index in [0.29, 0.717) is 0 Å². The molecule has 3 rings (SSSR count). The summed E-state index contributed by atoms with van der Waals surface area (Å²) in [6, 6.07) is 18.0. The summed E-state index contributed by atoms with van der Waals surface area (Å²) in [6.45, 7) is 5.70. The van der Waals surface area contributed by atoms with Gasteiger partial charge in [-0.1, -0.05) is 63.2 Å². The average Bonchev–Trinajstić information content (AvgIpc) is 3.05. The molecule has 1 N–H and O–H groups in total. The highest BCUT2D eigenvalue weighted by Crippen LogP contribution is 2.29. The fourth-order valence-electron chi connectivity index (χ4n) is 2.16. The van der Waals surface area contributed by atoms with Crippen LogP contribution >= 0.6 is 11.3 Å². The molecule has 0 fully saturated rings. The van der Waals surface area contributed by atoms with Crippen molar-refractivity contribution in [3.63, 3.8) is 0 Å². The van der Waals surface area contributed by atoms with Gasteiger partial charge in [-0.25, -0.2) is 4.98 Å². The third kappa shape index (κ3) is 3.71. The standard InChI is InChI=1S/C20H20N2OS/c1-20(2,3)19(23)21-16-11-9-14(10-12-16)17-13-24-18(22-17)15-7-5-4-6-8-15/h4-13H,1-3H3,(H,21,23). The molecule has 0 saturated carbocycles. The van der Waals surface area contributed by atoms with E-state index < -0.39 is 5.41 Å². The molecule has 3 aromatic rings. The normalized spacial score (nSPS) is 11.3. The van der Waals surface area contributed by atoms with Gasteiger partial charge in [-0.3, -0.25) is 4.79 Å². The number of nitrogens with zero attached hydrogens (tertiary/aromatic N) is 1. The van der Waals surface area contributed by atoms with Gasteiger partial charge in [0, 0.05) is 27.6 Å². The molecule has 0 aliphatic rings. The number of amides is 1. The Hall–Kier alpha value is -2.46. The maximum atomic E-state index is 12.0. The lowest BCUT2D eigenvalue weighted by atomic mass is 9.95. The van der Waals surface area contributed by atoms with Gasteiger partial charge in [0.25, 0.3) is 0 Å². The SMILES string of the molecule is CC(C)(C)C(=O)Nc1ccc(-c2csc(-c3ccccc3)n2)cc1. The maximum absolute atomic E-state index is 12.0. The van der Waals surface area contributed by atoms with Crippen molar-refractivity contribution in [1.82, 2.24) is 4.98 Å². The number of carbonyl (C=O) groups excluding carboxylic acids is 1. The summed E-state index contributed by atoms with van der Waals surface area (Å²) in [4.78, 5) is 16.7. The van der Waals surface area contributed by atoms with Gasteiger partial charge < -0.3 is 5.32 Å². The summed E-state index contributed by atoms with van der Waals surface area (Å²) in [5.41, 5.74) is 3.52. The quantitative estimate of drug-likeness (QED) is 0.690. The Morgan fingerprint density at radius 2 is 1.62 bits per heavy atom. The molecule has 0 unspecified atom stereocenters. The van der Waals surface area contributed by atoms with Crippen molar-refractivity contribution < 1.29 is 4.79 Å². The highest BCUT2D eigenvalue weighted by atomic mass is 32.1. The van der Waals surface area contributed by atoms with Crippen LogP contribution < -0.4 is 5.32 Å². The van der Waals surface area contributed by atoms with Crippen LogP contribution in [0.25, 0.3) is 21.8 Å². The molecule has 1 amide bonds. The third-order valence-corrected chi connectivity index (χ3v) is 4.54. The second-order valence-electron chi connectivity index (χ2n) is 6.69. The number of carbonyl (C=O) groups is 1. The number of hydrogen-bond acceptors (Lipinski definition) is 3. The van der Waals surface area contributed by atoms with Crippen molar-refractivity contribution in [2.75, 3.05) is 5.32 Å². The van der Waals surface area contributed by atoms with Crippen molar-refractivity contribution in [3.8, 4) is 21.8 Å². The molecule has 1 aromatic heterocycles. The lowest BCUT2D eigenvalue weighted by Crippen LogP contribution is -2.27. The van der Waals surface area contributed by atoms with E-state index in [9.17, 15) is 4.79 Å². The van der Waals surface area contributed by atoms with Gasteiger partial charge in [-0.2, -0.15) is 0 Å². The molecule has 1 heterocycles. The van der Waals surface area contributed by atoms with Crippen LogP contribution in [-0.4, -0.2) is 10.9 Å². The number of aromatic nitrogens is 1. The lowest BCUT2D eigenvalue weighted by molar-refractivity contribution is -0.123. The number of nitrogens with one attached hydrogen (secondary N) is 1. The smallest absolute Gasteiger partial charge is 0.229 e. The summed E-state index contributed by atoms with van der Waals surface area (Å²) in [7, 11) is 0. The maximum Gasteiger partial charge on any atom is 0.229 e. The van der Waals surface area contributed by atoms with Gasteiger partial charge in [0.2, 0.25) is 5.91 Å². The lowest BCUT2D eigenvalue weighted by Gasteiger charge is -2.17. The summed E-state index contributed by atoms with van der Waals surface area (Å²) < 4.78 is 0. The van der Waals surface area contributed by atoms with Crippen molar-refractivity contribution in [2.24, 2.45) is 5.41 Å². The first kappa shape index (κ1) is 16.4. The number of anilines is 1. The van der Waals surface area contributed by atoms with Gasteiger partial charge in [0.15, 0.2) is 0 Å². The van der Waals surface area contributed by atoms with E-state index >= 15 is 0 Å². The zero-order chi connectivity index (χ0) is 17.2. The molecule has 122 valence electrons. The van der Waals surface area contributed by atoms with Crippen LogP contribution in [0.5, 0.6) is 0 Å². The predicted octanol–water partition coefficient (Wildman–Crippen LogP) is 5.46. The van der Waals surface area contributed by atoms with Gasteiger partial charge in [-0.05, 0) is 12.1 Å². The number of thiazole rings is 1. The highest BCUT2D eigenvalue weighted by molar-refractivity contribution is 7.13. The van der Waals surface area contributed by atoms with E-state index in [2.05, 4.69) is 22.8 Å². The largest absolute Gasteiger partial charge is 0.326 e. The van der Waals surface area contributed by atoms with E-state index in [-0.39, 0.29) is 5.91 Å². The molecule has 4 heteroatoms.